The molecule has 0 amide bonds. The van der Waals surface area contributed by atoms with Gasteiger partial charge < -0.3 is 14.2 Å². The van der Waals surface area contributed by atoms with Gasteiger partial charge in [0.15, 0.2) is 0 Å². The van der Waals surface area contributed by atoms with Crippen LogP contribution in [-0.2, 0) is 11.2 Å². The molecule has 0 radical (unpaired) electrons. The number of hydrogen-bond donors (Lipinski definition) is 0. The zero-order chi connectivity index (χ0) is 16.2. The minimum atomic E-state index is 0.414. The highest BCUT2D eigenvalue weighted by molar-refractivity contribution is 5.76. The van der Waals surface area contributed by atoms with Gasteiger partial charge in [0.25, 0.3) is 0 Å². The number of likely N-dealkylation sites (N-methyl/N-ethyl adjacent to an activating group) is 1. The van der Waals surface area contributed by atoms with Crippen LogP contribution >= 0.6 is 0 Å². The zero-order valence-electron chi connectivity index (χ0n) is 14.5. The first-order chi connectivity index (χ1) is 11.1. The van der Waals surface area contributed by atoms with E-state index in [1.54, 1.807) is 0 Å². The molecule has 1 aromatic heterocycles. The number of fused-ring (bicyclic) bond motifs is 1. The van der Waals surface area contributed by atoms with E-state index in [4.69, 9.17) is 9.72 Å². The first kappa shape index (κ1) is 16.4. The molecule has 1 aromatic carbocycles. The van der Waals surface area contributed by atoms with E-state index in [1.807, 2.05) is 0 Å². The van der Waals surface area contributed by atoms with E-state index in [-0.39, 0.29) is 0 Å². The lowest BCUT2D eigenvalue weighted by molar-refractivity contribution is 0.0381. The zero-order valence-corrected chi connectivity index (χ0v) is 14.5. The Morgan fingerprint density at radius 2 is 1.96 bits per heavy atom. The lowest BCUT2D eigenvalue weighted by Gasteiger charge is -2.27. The Kier molecular flexibility index (Phi) is 5.30. The maximum atomic E-state index is 5.44. The summed E-state index contributed by atoms with van der Waals surface area (Å²) in [5, 5.41) is 0. The van der Waals surface area contributed by atoms with Gasteiger partial charge in [-0.3, -0.25) is 4.90 Å². The third kappa shape index (κ3) is 3.91. The lowest BCUT2D eigenvalue weighted by Crippen LogP contribution is -2.37. The van der Waals surface area contributed by atoms with Crippen LogP contribution in [0.3, 0.4) is 0 Å². The molecule has 126 valence electrons. The van der Waals surface area contributed by atoms with Crippen LogP contribution in [0.5, 0.6) is 0 Å². The van der Waals surface area contributed by atoms with Crippen molar-refractivity contribution in [1.29, 1.82) is 0 Å². The number of imidazole rings is 1. The summed E-state index contributed by atoms with van der Waals surface area (Å²) in [6.45, 7) is 8.14. The van der Waals surface area contributed by atoms with E-state index in [9.17, 15) is 0 Å². The van der Waals surface area contributed by atoms with E-state index < -0.39 is 0 Å². The fourth-order valence-electron chi connectivity index (χ4n) is 3.46. The van der Waals surface area contributed by atoms with Gasteiger partial charge in [-0.1, -0.05) is 12.1 Å². The van der Waals surface area contributed by atoms with Crippen LogP contribution < -0.4 is 0 Å². The second kappa shape index (κ2) is 7.43. The summed E-state index contributed by atoms with van der Waals surface area (Å²) in [4.78, 5) is 9.63. The fraction of sp³-hybridized carbons (Fsp3) is 0.611. The van der Waals surface area contributed by atoms with Crippen LogP contribution in [0.4, 0.5) is 0 Å². The summed E-state index contributed by atoms with van der Waals surface area (Å²) in [5.74, 6) is 1.20. The van der Waals surface area contributed by atoms with E-state index >= 15 is 0 Å². The van der Waals surface area contributed by atoms with Gasteiger partial charge in [-0.15, -0.1) is 0 Å². The molecule has 0 spiro atoms. The molecule has 23 heavy (non-hydrogen) atoms. The molecule has 5 nitrogen and oxygen atoms in total. The molecule has 1 fully saturated rings. The van der Waals surface area contributed by atoms with E-state index in [0.717, 1.165) is 51.3 Å². The third-order valence-electron chi connectivity index (χ3n) is 4.49. The number of para-hydroxylation sites is 2. The first-order valence-corrected chi connectivity index (χ1v) is 8.56. The Balaban J connectivity index is 1.82. The molecular formula is C18H28N4O. The van der Waals surface area contributed by atoms with Crippen LogP contribution in [0, 0.1) is 0 Å². The Hall–Kier alpha value is -1.43. The molecule has 0 bridgehead atoms. The predicted octanol–water partition coefficient (Wildman–Crippen LogP) is 2.03. The summed E-state index contributed by atoms with van der Waals surface area (Å²) < 4.78 is 7.86. The minimum absolute atomic E-state index is 0.414. The number of morpholine rings is 1. The Morgan fingerprint density at radius 3 is 2.70 bits per heavy atom. The molecular weight excluding hydrogens is 288 g/mol. The summed E-state index contributed by atoms with van der Waals surface area (Å²) >= 11 is 0. The number of rotatable bonds is 6. The van der Waals surface area contributed by atoms with E-state index in [0.29, 0.717) is 6.04 Å². The van der Waals surface area contributed by atoms with E-state index in [1.165, 1.54) is 11.3 Å². The van der Waals surface area contributed by atoms with Crippen molar-refractivity contribution < 1.29 is 4.74 Å². The average Bonchev–Trinajstić information content (AvgIpc) is 2.91. The summed E-state index contributed by atoms with van der Waals surface area (Å²) in [5.41, 5.74) is 2.36. The minimum Gasteiger partial charge on any atom is -0.379 e. The van der Waals surface area contributed by atoms with Gasteiger partial charge in [0.05, 0.1) is 24.2 Å². The molecule has 1 aliphatic heterocycles. The van der Waals surface area contributed by atoms with Gasteiger partial charge in [-0.25, -0.2) is 4.98 Å². The maximum Gasteiger partial charge on any atom is 0.111 e. The summed E-state index contributed by atoms with van der Waals surface area (Å²) in [7, 11) is 4.26. The highest BCUT2D eigenvalue weighted by Gasteiger charge is 2.18. The number of nitrogens with zero attached hydrogens (tertiary/aromatic N) is 4. The standard InChI is InChI=1S/C18H28N4O/c1-15(14-20(2)3)22-17-7-5-4-6-16(17)19-18(22)8-9-21-10-12-23-13-11-21/h4-7,15H,8-14H2,1-3H3/t15-/m0/s1. The van der Waals surface area contributed by atoms with Gasteiger partial charge in [0.2, 0.25) is 0 Å². The largest absolute Gasteiger partial charge is 0.379 e. The SMILES string of the molecule is C[C@@H](CN(C)C)n1c(CCN2CCOCC2)nc2ccccc21. The second-order valence-corrected chi connectivity index (χ2v) is 6.70. The van der Waals surface area contributed by atoms with Crippen LogP contribution in [0.15, 0.2) is 24.3 Å². The van der Waals surface area contributed by atoms with Crippen LogP contribution in [0.1, 0.15) is 18.8 Å². The predicted molar refractivity (Wildman–Crippen MR) is 94.0 cm³/mol. The Morgan fingerprint density at radius 1 is 1.22 bits per heavy atom. The molecule has 0 saturated carbocycles. The number of benzene rings is 1. The van der Waals surface area contributed by atoms with E-state index in [2.05, 4.69) is 59.7 Å². The van der Waals surface area contributed by atoms with Crippen molar-refractivity contribution in [2.24, 2.45) is 0 Å². The van der Waals surface area contributed by atoms with Crippen molar-refractivity contribution in [3.05, 3.63) is 30.1 Å². The van der Waals surface area contributed by atoms with Gasteiger partial charge in [-0.2, -0.15) is 0 Å². The highest BCUT2D eigenvalue weighted by Crippen LogP contribution is 2.22. The van der Waals surface area contributed by atoms with Gasteiger partial charge in [-0.05, 0) is 33.2 Å². The third-order valence-corrected chi connectivity index (χ3v) is 4.49. The van der Waals surface area contributed by atoms with Crippen molar-refractivity contribution in [1.82, 2.24) is 19.4 Å². The lowest BCUT2D eigenvalue weighted by atomic mass is 10.2. The second-order valence-electron chi connectivity index (χ2n) is 6.70. The Bertz CT molecular complexity index is 631. The molecule has 0 N–H and O–H groups in total. The molecule has 1 aliphatic rings. The number of hydrogen-bond acceptors (Lipinski definition) is 4. The van der Waals surface area contributed by atoms with Crippen molar-refractivity contribution in [2.45, 2.75) is 19.4 Å². The molecule has 5 heteroatoms. The van der Waals surface area contributed by atoms with Crippen molar-refractivity contribution in [3.63, 3.8) is 0 Å². The van der Waals surface area contributed by atoms with Gasteiger partial charge >= 0.3 is 0 Å². The maximum absolute atomic E-state index is 5.44. The quantitative estimate of drug-likeness (QED) is 0.816. The van der Waals surface area contributed by atoms with Crippen molar-refractivity contribution in [3.8, 4) is 0 Å². The van der Waals surface area contributed by atoms with Crippen LogP contribution in [-0.4, -0.2) is 72.8 Å². The van der Waals surface area contributed by atoms with Gasteiger partial charge in [0, 0.05) is 38.6 Å². The average molecular weight is 316 g/mol. The summed E-state index contributed by atoms with van der Waals surface area (Å²) in [6.07, 6.45) is 0.993. The van der Waals surface area contributed by atoms with Crippen molar-refractivity contribution >= 4 is 11.0 Å². The highest BCUT2D eigenvalue weighted by atomic mass is 16.5. The molecule has 1 atom stereocenters. The summed E-state index contributed by atoms with van der Waals surface area (Å²) in [6, 6.07) is 8.90. The fourth-order valence-corrected chi connectivity index (χ4v) is 3.46. The van der Waals surface area contributed by atoms with Crippen molar-refractivity contribution in [2.75, 3.05) is 53.5 Å². The molecule has 1 saturated heterocycles. The monoisotopic (exact) mass is 316 g/mol. The number of aromatic nitrogens is 2. The van der Waals surface area contributed by atoms with Gasteiger partial charge in [0.1, 0.15) is 5.82 Å². The number of ether oxygens (including phenoxy) is 1. The topological polar surface area (TPSA) is 33.5 Å². The molecule has 2 heterocycles. The molecule has 3 rings (SSSR count). The Labute approximate surface area is 138 Å². The first-order valence-electron chi connectivity index (χ1n) is 8.56. The smallest absolute Gasteiger partial charge is 0.111 e. The van der Waals surface area contributed by atoms with Crippen LogP contribution in [0.25, 0.3) is 11.0 Å². The van der Waals surface area contributed by atoms with Crippen LogP contribution in [0.2, 0.25) is 0 Å². The molecule has 0 unspecified atom stereocenters. The molecule has 2 aromatic rings. The molecule has 0 aliphatic carbocycles. The normalized spacial score (nSPS) is 17.9.